The molecule has 10 nitrogen and oxygen atoms in total. The number of amides is 3. The molecule has 18 heavy (non-hydrogen) atoms. The second-order valence-electron chi connectivity index (χ2n) is 4.11. The number of carbonyl (C=O) groups excluding carboxylic acids is 2. The van der Waals surface area contributed by atoms with Crippen molar-refractivity contribution in [3.8, 4) is 0 Å². The summed E-state index contributed by atoms with van der Waals surface area (Å²) in [6, 6.07) is -1.03. The van der Waals surface area contributed by atoms with Crippen molar-refractivity contribution in [3.63, 3.8) is 0 Å². The molecule has 0 saturated carbocycles. The minimum absolute atomic E-state index is 0.183. The number of nitrogens with one attached hydrogen (secondary N) is 1. The molecular formula is C8H13N3O7. The molecule has 2 rings (SSSR count). The lowest BCUT2D eigenvalue weighted by Crippen LogP contribution is -2.71. The summed E-state index contributed by atoms with van der Waals surface area (Å²) in [4.78, 5) is 23.0. The van der Waals surface area contributed by atoms with Crippen LogP contribution in [0.4, 0.5) is 4.79 Å². The number of urea groups is 1. The molecule has 0 aliphatic carbocycles. The van der Waals surface area contributed by atoms with Gasteiger partial charge in [-0.15, -0.1) is 0 Å². The Kier molecular flexibility index (Phi) is 3.01. The maximum atomic E-state index is 11.8. The first kappa shape index (κ1) is 13.1. The molecule has 2 fully saturated rings. The number of nitrogens with two attached hydrogens (primary N) is 1. The van der Waals surface area contributed by atoms with Gasteiger partial charge in [0, 0.05) is 0 Å². The van der Waals surface area contributed by atoms with E-state index in [0.29, 0.717) is 0 Å². The van der Waals surface area contributed by atoms with Crippen LogP contribution in [0.15, 0.2) is 0 Å². The van der Waals surface area contributed by atoms with Crippen molar-refractivity contribution < 1.29 is 34.8 Å². The van der Waals surface area contributed by atoms with Gasteiger partial charge in [-0.3, -0.25) is 10.1 Å². The Bertz CT molecular complexity index is 389. The van der Waals surface area contributed by atoms with Crippen LogP contribution in [0.5, 0.6) is 0 Å². The molecule has 0 radical (unpaired) electrons. The second-order valence-corrected chi connectivity index (χ2v) is 4.11. The van der Waals surface area contributed by atoms with Crippen LogP contribution in [-0.2, 0) is 9.53 Å². The summed E-state index contributed by atoms with van der Waals surface area (Å²) in [7, 11) is 0. The van der Waals surface area contributed by atoms with Gasteiger partial charge in [0.2, 0.25) is 0 Å². The molecule has 2 aliphatic heterocycles. The normalized spacial score (nSPS) is 44.6. The number of hydrogen-bond donors (Lipinski definition) is 6. The van der Waals surface area contributed by atoms with Gasteiger partial charge in [0.1, 0.15) is 24.4 Å². The summed E-state index contributed by atoms with van der Waals surface area (Å²) < 4.78 is 5.02. The molecule has 7 N–H and O–H groups in total. The Morgan fingerprint density at radius 1 is 1.33 bits per heavy atom. The number of nitrogens with zero attached hydrogens (tertiary/aromatic N) is 1. The third kappa shape index (κ3) is 1.51. The molecule has 1 spiro atoms. The summed E-state index contributed by atoms with van der Waals surface area (Å²) in [5, 5.41) is 40.1. The number of rotatable bonds is 1. The smallest absolute Gasteiger partial charge is 0.341 e. The summed E-state index contributed by atoms with van der Waals surface area (Å²) >= 11 is 0. The number of hydrogen-bond acceptors (Lipinski definition) is 8. The predicted octanol–water partition coefficient (Wildman–Crippen LogP) is -4.42. The number of aliphatic hydroxyl groups excluding tert-OH is 4. The fraction of sp³-hybridized carbons (Fsp3) is 0.750. The molecule has 0 aromatic carbocycles. The van der Waals surface area contributed by atoms with Gasteiger partial charge in [0.05, 0.1) is 6.61 Å². The van der Waals surface area contributed by atoms with Crippen molar-refractivity contribution in [2.24, 2.45) is 5.84 Å². The highest BCUT2D eigenvalue weighted by Crippen LogP contribution is 2.32. The molecule has 2 saturated heterocycles. The van der Waals surface area contributed by atoms with Crippen LogP contribution in [-0.4, -0.2) is 74.1 Å². The van der Waals surface area contributed by atoms with Crippen LogP contribution in [0.2, 0.25) is 0 Å². The zero-order valence-corrected chi connectivity index (χ0v) is 9.05. The molecule has 2 heterocycles. The van der Waals surface area contributed by atoms with Crippen molar-refractivity contribution >= 4 is 11.9 Å². The number of aliphatic hydroxyl groups is 4. The second kappa shape index (κ2) is 4.12. The van der Waals surface area contributed by atoms with Crippen LogP contribution >= 0.6 is 0 Å². The number of carbonyl (C=O) groups is 2. The Hall–Kier alpha value is -1.30. The van der Waals surface area contributed by atoms with Crippen molar-refractivity contribution in [1.82, 2.24) is 10.3 Å². The highest BCUT2D eigenvalue weighted by Gasteiger charge is 2.64. The summed E-state index contributed by atoms with van der Waals surface area (Å²) in [6.07, 6.45) is -6.65. The zero-order valence-electron chi connectivity index (χ0n) is 9.05. The largest absolute Gasteiger partial charge is 0.394 e. The van der Waals surface area contributed by atoms with Gasteiger partial charge >= 0.3 is 11.9 Å². The van der Waals surface area contributed by atoms with Gasteiger partial charge in [0.15, 0.2) is 0 Å². The van der Waals surface area contributed by atoms with Crippen molar-refractivity contribution in [2.75, 3.05) is 6.61 Å². The molecule has 0 unspecified atom stereocenters. The third-order valence-electron chi connectivity index (χ3n) is 3.04. The Balaban J connectivity index is 2.38. The maximum Gasteiger partial charge on any atom is 0.341 e. The summed E-state index contributed by atoms with van der Waals surface area (Å²) in [5.41, 5.74) is -2.29. The lowest BCUT2D eigenvalue weighted by molar-refractivity contribution is -0.268. The lowest BCUT2D eigenvalue weighted by atomic mass is 9.90. The van der Waals surface area contributed by atoms with Crippen LogP contribution in [0.25, 0.3) is 0 Å². The van der Waals surface area contributed by atoms with Gasteiger partial charge in [0.25, 0.3) is 5.72 Å². The van der Waals surface area contributed by atoms with Gasteiger partial charge in [-0.25, -0.2) is 10.6 Å². The SMILES string of the molecule is NN1C(=O)N[C@@]2(O[C@@H](CO)[C@@H](O)[C@H](O)[C@@H]2O)C1=O. The molecule has 0 aromatic rings. The number of ether oxygens (including phenoxy) is 1. The fourth-order valence-corrected chi connectivity index (χ4v) is 1.99. The van der Waals surface area contributed by atoms with Crippen molar-refractivity contribution in [1.29, 1.82) is 0 Å². The monoisotopic (exact) mass is 263 g/mol. The van der Waals surface area contributed by atoms with Gasteiger partial charge in [-0.1, -0.05) is 0 Å². The minimum Gasteiger partial charge on any atom is -0.394 e. The zero-order chi connectivity index (χ0) is 13.7. The van der Waals surface area contributed by atoms with E-state index < -0.39 is 48.7 Å². The average Bonchev–Trinajstić information content (AvgIpc) is 2.57. The minimum atomic E-state index is -2.29. The first-order valence-corrected chi connectivity index (χ1v) is 5.09. The van der Waals surface area contributed by atoms with Crippen molar-refractivity contribution in [3.05, 3.63) is 0 Å². The highest BCUT2D eigenvalue weighted by molar-refractivity contribution is 6.06. The quantitative estimate of drug-likeness (QED) is 0.157. The molecule has 3 amide bonds. The standard InChI is InChI=1S/C8H13N3O7/c9-11-6(16)8(10-7(11)17)5(15)4(14)3(13)2(1-12)18-8/h2-5,12-15H,1,9H2,(H,10,17)/t2-,3+,4-,5-,8-/m0/s1. The topological polar surface area (TPSA) is 166 Å². The van der Waals surface area contributed by atoms with Gasteiger partial charge < -0.3 is 25.2 Å². The van der Waals surface area contributed by atoms with Crippen LogP contribution < -0.4 is 11.2 Å². The van der Waals surface area contributed by atoms with E-state index in [-0.39, 0.29) is 5.01 Å². The summed E-state index contributed by atoms with van der Waals surface area (Å²) in [5.74, 6) is 4.01. The van der Waals surface area contributed by atoms with Crippen LogP contribution in [0.1, 0.15) is 0 Å². The first-order chi connectivity index (χ1) is 8.35. The Morgan fingerprint density at radius 2 is 1.94 bits per heavy atom. The summed E-state index contributed by atoms with van der Waals surface area (Å²) in [6.45, 7) is -0.722. The van der Waals surface area contributed by atoms with E-state index in [1.54, 1.807) is 0 Å². The van der Waals surface area contributed by atoms with E-state index in [4.69, 9.17) is 15.7 Å². The number of hydrazine groups is 1. The van der Waals surface area contributed by atoms with Crippen LogP contribution in [0, 0.1) is 0 Å². The Morgan fingerprint density at radius 3 is 2.39 bits per heavy atom. The molecule has 2 aliphatic rings. The lowest BCUT2D eigenvalue weighted by Gasteiger charge is -2.44. The third-order valence-corrected chi connectivity index (χ3v) is 3.04. The molecule has 0 aromatic heterocycles. The van der Waals surface area contributed by atoms with E-state index in [9.17, 15) is 24.9 Å². The Labute approximate surface area is 101 Å². The average molecular weight is 263 g/mol. The van der Waals surface area contributed by atoms with Crippen molar-refractivity contribution in [2.45, 2.75) is 30.1 Å². The molecule has 5 atom stereocenters. The molecular weight excluding hydrogens is 250 g/mol. The van der Waals surface area contributed by atoms with E-state index in [2.05, 4.69) is 0 Å². The first-order valence-electron chi connectivity index (χ1n) is 5.09. The van der Waals surface area contributed by atoms with Gasteiger partial charge in [-0.2, -0.15) is 5.01 Å². The number of imide groups is 1. The van der Waals surface area contributed by atoms with Crippen LogP contribution in [0.3, 0.4) is 0 Å². The molecule has 10 heteroatoms. The van der Waals surface area contributed by atoms with E-state index in [1.165, 1.54) is 0 Å². The van der Waals surface area contributed by atoms with Gasteiger partial charge in [-0.05, 0) is 0 Å². The fourth-order valence-electron chi connectivity index (χ4n) is 1.99. The molecule has 0 bridgehead atoms. The maximum absolute atomic E-state index is 11.8. The van der Waals surface area contributed by atoms with E-state index >= 15 is 0 Å². The molecule has 102 valence electrons. The predicted molar refractivity (Wildman–Crippen MR) is 52.3 cm³/mol. The van der Waals surface area contributed by atoms with E-state index in [1.807, 2.05) is 5.32 Å². The highest BCUT2D eigenvalue weighted by atomic mass is 16.6. The van der Waals surface area contributed by atoms with E-state index in [0.717, 1.165) is 0 Å².